The summed E-state index contributed by atoms with van der Waals surface area (Å²) in [6.07, 6.45) is 8.88. The Balaban J connectivity index is 1.27. The Morgan fingerprint density at radius 1 is 1.05 bits per heavy atom. The van der Waals surface area contributed by atoms with Crippen LogP contribution < -0.4 is 5.32 Å². The predicted octanol–water partition coefficient (Wildman–Crippen LogP) is 6.56. The van der Waals surface area contributed by atoms with Crippen molar-refractivity contribution in [1.82, 2.24) is 30.1 Å². The van der Waals surface area contributed by atoms with Crippen molar-refractivity contribution in [2.75, 3.05) is 5.32 Å². The second kappa shape index (κ2) is 9.14. The summed E-state index contributed by atoms with van der Waals surface area (Å²) >= 11 is 1.60. The van der Waals surface area contributed by atoms with Crippen molar-refractivity contribution in [2.24, 2.45) is 5.92 Å². The van der Waals surface area contributed by atoms with Gasteiger partial charge in [-0.2, -0.15) is 16.4 Å². The summed E-state index contributed by atoms with van der Waals surface area (Å²) in [6, 6.07) is 8.81. The van der Waals surface area contributed by atoms with Crippen LogP contribution in [0, 0.1) is 11.7 Å². The fourth-order valence-electron chi connectivity index (χ4n) is 5.19. The summed E-state index contributed by atoms with van der Waals surface area (Å²) in [5.41, 5.74) is 5.98. The minimum Gasteiger partial charge on any atom is -0.336 e. The fraction of sp³-hybridized carbons (Fsp3) is 0.179. The third kappa shape index (κ3) is 3.93. The molecule has 0 bridgehead atoms. The van der Waals surface area contributed by atoms with E-state index < -0.39 is 5.82 Å². The van der Waals surface area contributed by atoms with E-state index in [9.17, 15) is 4.79 Å². The normalized spacial score (nSPS) is 14.0. The predicted molar refractivity (Wildman–Crippen MR) is 146 cm³/mol. The van der Waals surface area contributed by atoms with Crippen molar-refractivity contribution < 1.29 is 9.18 Å². The molecule has 188 valence electrons. The number of amides is 1. The van der Waals surface area contributed by atoms with Gasteiger partial charge in [0.05, 0.1) is 28.6 Å². The first-order chi connectivity index (χ1) is 18.6. The summed E-state index contributed by atoms with van der Waals surface area (Å²) in [4.78, 5) is 29.6. The van der Waals surface area contributed by atoms with Crippen LogP contribution in [-0.4, -0.2) is 36.0 Å². The number of H-pyrrole nitrogens is 2. The van der Waals surface area contributed by atoms with Crippen LogP contribution in [0.15, 0.2) is 59.7 Å². The smallest absolute Gasteiger partial charge is 0.227 e. The van der Waals surface area contributed by atoms with Crippen LogP contribution in [0.1, 0.15) is 25.7 Å². The summed E-state index contributed by atoms with van der Waals surface area (Å²) in [6.45, 7) is 0. The third-order valence-corrected chi connectivity index (χ3v) is 7.80. The molecule has 1 aliphatic rings. The Morgan fingerprint density at radius 3 is 2.79 bits per heavy atom. The summed E-state index contributed by atoms with van der Waals surface area (Å²) in [7, 11) is 0. The Morgan fingerprint density at radius 2 is 1.95 bits per heavy atom. The van der Waals surface area contributed by atoms with Crippen molar-refractivity contribution in [2.45, 2.75) is 25.7 Å². The highest BCUT2D eigenvalue weighted by atomic mass is 32.1. The number of hydrogen-bond acceptors (Lipinski definition) is 6. The van der Waals surface area contributed by atoms with E-state index in [-0.39, 0.29) is 11.8 Å². The van der Waals surface area contributed by atoms with E-state index in [2.05, 4.69) is 30.5 Å². The van der Waals surface area contributed by atoms with E-state index in [1.54, 1.807) is 42.1 Å². The largest absolute Gasteiger partial charge is 0.336 e. The van der Waals surface area contributed by atoms with Crippen molar-refractivity contribution in [3.05, 3.63) is 65.5 Å². The maximum Gasteiger partial charge on any atom is 0.227 e. The first kappa shape index (κ1) is 22.7. The molecule has 0 atom stereocenters. The molecule has 0 spiro atoms. The number of fused-ring (bicyclic) bond motifs is 2. The van der Waals surface area contributed by atoms with Gasteiger partial charge in [-0.3, -0.25) is 19.9 Å². The minimum absolute atomic E-state index is 0.00399. The molecule has 38 heavy (non-hydrogen) atoms. The van der Waals surface area contributed by atoms with Gasteiger partial charge in [-0.05, 0) is 42.5 Å². The van der Waals surface area contributed by atoms with Gasteiger partial charge in [-0.1, -0.05) is 12.8 Å². The number of anilines is 1. The monoisotopic (exact) mass is 523 g/mol. The first-order valence-electron chi connectivity index (χ1n) is 12.5. The number of nitrogens with zero attached hydrogens (tertiary/aromatic N) is 4. The van der Waals surface area contributed by atoms with E-state index >= 15 is 4.39 Å². The number of rotatable bonds is 5. The number of pyridine rings is 2. The molecule has 1 saturated carbocycles. The van der Waals surface area contributed by atoms with Gasteiger partial charge in [-0.25, -0.2) is 9.37 Å². The molecule has 1 fully saturated rings. The second-order valence-corrected chi connectivity index (χ2v) is 10.3. The lowest BCUT2D eigenvalue weighted by molar-refractivity contribution is -0.119. The van der Waals surface area contributed by atoms with Crippen LogP contribution >= 0.6 is 11.3 Å². The topological polar surface area (TPSA) is 112 Å². The Labute approximate surface area is 220 Å². The number of imidazole rings is 1. The molecule has 0 saturated heterocycles. The molecule has 8 nitrogen and oxygen atoms in total. The molecule has 1 aliphatic carbocycles. The molecule has 1 aromatic carbocycles. The van der Waals surface area contributed by atoms with E-state index in [1.807, 2.05) is 22.9 Å². The van der Waals surface area contributed by atoms with Gasteiger partial charge in [0.25, 0.3) is 0 Å². The van der Waals surface area contributed by atoms with Crippen LogP contribution in [0.2, 0.25) is 0 Å². The molecule has 5 aromatic heterocycles. The Kier molecular flexibility index (Phi) is 5.47. The molecule has 0 aliphatic heterocycles. The Bertz CT molecular complexity index is 1800. The van der Waals surface area contributed by atoms with Crippen LogP contribution in [0.4, 0.5) is 10.1 Å². The molecule has 0 radical (unpaired) electrons. The molecule has 6 aromatic rings. The lowest BCUT2D eigenvalue weighted by atomic mass is 10.0. The maximum absolute atomic E-state index is 15.2. The first-order valence-corrected chi connectivity index (χ1v) is 13.4. The fourth-order valence-corrected chi connectivity index (χ4v) is 5.83. The number of aromatic nitrogens is 6. The quantitative estimate of drug-likeness (QED) is 0.237. The van der Waals surface area contributed by atoms with Gasteiger partial charge in [-0.15, -0.1) is 0 Å². The van der Waals surface area contributed by atoms with Crippen molar-refractivity contribution >= 4 is 44.9 Å². The van der Waals surface area contributed by atoms with Crippen LogP contribution in [0.3, 0.4) is 0 Å². The van der Waals surface area contributed by atoms with Crippen molar-refractivity contribution in [1.29, 1.82) is 0 Å². The van der Waals surface area contributed by atoms with Crippen LogP contribution in [0.25, 0.3) is 55.8 Å². The number of benzene rings is 1. The van der Waals surface area contributed by atoms with Gasteiger partial charge in [0.1, 0.15) is 17.0 Å². The van der Waals surface area contributed by atoms with Gasteiger partial charge < -0.3 is 10.3 Å². The Hall–Kier alpha value is -4.44. The molecular weight excluding hydrogens is 501 g/mol. The minimum atomic E-state index is -0.415. The van der Waals surface area contributed by atoms with E-state index in [4.69, 9.17) is 4.98 Å². The van der Waals surface area contributed by atoms with Gasteiger partial charge >= 0.3 is 0 Å². The average Bonchev–Trinajstić information content (AvgIpc) is 3.73. The number of aromatic amines is 2. The molecule has 1 amide bonds. The highest BCUT2D eigenvalue weighted by Gasteiger charge is 2.23. The average molecular weight is 524 g/mol. The standard InChI is InChI=1S/C28H22FN7OS/c29-21-11-23-20(10-19(21)17-9-18(13-30-12-17)32-28(37)15-3-1-2-4-15)25(36-35-23)27-33-22-5-7-31-24(26(22)34-27)16-6-8-38-14-16/h5-15H,1-4H2,(H,32,37)(H,33,34)(H,35,36). The zero-order valence-corrected chi connectivity index (χ0v) is 21.0. The number of carbonyl (C=O) groups is 1. The van der Waals surface area contributed by atoms with Crippen molar-refractivity contribution in [3.8, 4) is 33.9 Å². The molecule has 7 rings (SSSR count). The van der Waals surface area contributed by atoms with Gasteiger partial charge in [0.15, 0.2) is 5.82 Å². The second-order valence-electron chi connectivity index (χ2n) is 9.54. The highest BCUT2D eigenvalue weighted by molar-refractivity contribution is 7.08. The lowest BCUT2D eigenvalue weighted by Gasteiger charge is -2.11. The number of carbonyl (C=O) groups excluding carboxylic acids is 1. The molecular formula is C28H22FN7OS. The molecule has 5 heterocycles. The summed E-state index contributed by atoms with van der Waals surface area (Å²) in [5.74, 6) is 0.168. The number of thiophene rings is 1. The lowest BCUT2D eigenvalue weighted by Crippen LogP contribution is -2.20. The number of nitrogens with one attached hydrogen (secondary N) is 3. The van der Waals surface area contributed by atoms with E-state index in [0.717, 1.165) is 48.0 Å². The maximum atomic E-state index is 15.2. The van der Waals surface area contributed by atoms with Crippen LogP contribution in [0.5, 0.6) is 0 Å². The molecule has 0 unspecified atom stereocenters. The van der Waals surface area contributed by atoms with Crippen molar-refractivity contribution in [3.63, 3.8) is 0 Å². The van der Waals surface area contributed by atoms with Crippen LogP contribution in [-0.2, 0) is 4.79 Å². The number of halogens is 1. The van der Waals surface area contributed by atoms with E-state index in [0.29, 0.717) is 39.2 Å². The molecule has 3 N–H and O–H groups in total. The van der Waals surface area contributed by atoms with Gasteiger partial charge in [0.2, 0.25) is 5.91 Å². The summed E-state index contributed by atoms with van der Waals surface area (Å²) < 4.78 is 15.2. The van der Waals surface area contributed by atoms with Gasteiger partial charge in [0, 0.05) is 51.8 Å². The van der Waals surface area contributed by atoms with E-state index in [1.165, 1.54) is 6.07 Å². The number of hydrogen-bond donors (Lipinski definition) is 3. The third-order valence-electron chi connectivity index (χ3n) is 7.11. The SMILES string of the molecule is O=C(Nc1cncc(-c2cc3c(-c4nc5c(-c6ccsc6)nccc5[nH]4)n[nH]c3cc2F)c1)C1CCCC1. The zero-order chi connectivity index (χ0) is 25.6. The molecule has 10 heteroatoms. The highest BCUT2D eigenvalue weighted by Crippen LogP contribution is 2.34. The summed E-state index contributed by atoms with van der Waals surface area (Å²) in [5, 5.41) is 15.1. The zero-order valence-electron chi connectivity index (χ0n) is 20.2.